The van der Waals surface area contributed by atoms with Gasteiger partial charge in [0.1, 0.15) is 0 Å². The van der Waals surface area contributed by atoms with E-state index in [9.17, 15) is 16.8 Å². The van der Waals surface area contributed by atoms with E-state index in [1.165, 1.54) is 24.3 Å². The molecule has 0 spiro atoms. The Morgan fingerprint density at radius 2 is 1.88 bits per heavy atom. The van der Waals surface area contributed by atoms with Gasteiger partial charge in [-0.2, -0.15) is 0 Å². The smallest absolute Gasteiger partial charge is 0.183 e. The lowest BCUT2D eigenvalue weighted by Crippen LogP contribution is -2.43. The summed E-state index contributed by atoms with van der Waals surface area (Å²) in [5, 5.41) is 2.52. The molecule has 1 fully saturated rings. The second-order valence-corrected chi connectivity index (χ2v) is 11.2. The van der Waals surface area contributed by atoms with Gasteiger partial charge in [0.05, 0.1) is 27.8 Å². The first-order chi connectivity index (χ1) is 11.6. The molecule has 0 aliphatic carbocycles. The van der Waals surface area contributed by atoms with E-state index in [1.54, 1.807) is 0 Å². The zero-order valence-electron chi connectivity index (χ0n) is 14.3. The van der Waals surface area contributed by atoms with Crippen molar-refractivity contribution < 1.29 is 21.6 Å². The van der Waals surface area contributed by atoms with Crippen LogP contribution in [0.2, 0.25) is 5.02 Å². The normalized spacial score (nSPS) is 23.2. The van der Waals surface area contributed by atoms with Crippen LogP contribution in [0.15, 0.2) is 29.2 Å². The summed E-state index contributed by atoms with van der Waals surface area (Å²) in [5.74, 6) is -0.534. The van der Waals surface area contributed by atoms with E-state index in [0.717, 1.165) is 0 Å². The predicted molar refractivity (Wildman–Crippen MR) is 98.6 cm³/mol. The van der Waals surface area contributed by atoms with Crippen molar-refractivity contribution in [3.05, 3.63) is 29.3 Å². The van der Waals surface area contributed by atoms with Crippen molar-refractivity contribution in [2.24, 2.45) is 0 Å². The van der Waals surface area contributed by atoms with Crippen LogP contribution in [0.5, 0.6) is 0 Å². The highest BCUT2D eigenvalue weighted by Crippen LogP contribution is 2.26. The third-order valence-corrected chi connectivity index (χ3v) is 8.44. The Morgan fingerprint density at radius 1 is 1.24 bits per heavy atom. The van der Waals surface area contributed by atoms with E-state index >= 15 is 0 Å². The molecule has 2 rings (SSSR count). The number of rotatable bonds is 8. The maximum atomic E-state index is 12.8. The molecule has 142 valence electrons. The number of benzene rings is 1. The quantitative estimate of drug-likeness (QED) is 0.657. The van der Waals surface area contributed by atoms with Gasteiger partial charge >= 0.3 is 0 Å². The van der Waals surface area contributed by atoms with Crippen LogP contribution < -0.4 is 5.32 Å². The molecule has 6 nitrogen and oxygen atoms in total. The summed E-state index contributed by atoms with van der Waals surface area (Å²) in [6.07, 6.45) is 0.813. The van der Waals surface area contributed by atoms with E-state index in [2.05, 4.69) is 5.32 Å². The second kappa shape index (κ2) is 8.35. The Bertz CT molecular complexity index is 775. The summed E-state index contributed by atoms with van der Waals surface area (Å²) >= 11 is 5.80. The number of sulfone groups is 2. The maximum Gasteiger partial charge on any atom is 0.183 e. The Balaban J connectivity index is 2.09. The molecule has 2 atom stereocenters. The first-order valence-corrected chi connectivity index (χ1v) is 11.9. The average molecular weight is 410 g/mol. The molecule has 9 heteroatoms. The molecule has 0 saturated carbocycles. The first kappa shape index (κ1) is 20.6. The third kappa shape index (κ3) is 5.65. The van der Waals surface area contributed by atoms with Crippen molar-refractivity contribution in [1.29, 1.82) is 0 Å². The summed E-state index contributed by atoms with van der Waals surface area (Å²) in [6, 6.07) is 5.18. The van der Waals surface area contributed by atoms with E-state index in [1.807, 2.05) is 13.8 Å². The van der Waals surface area contributed by atoms with Crippen molar-refractivity contribution in [1.82, 2.24) is 5.32 Å². The lowest BCUT2D eigenvalue weighted by atomic mass is 10.2. The Morgan fingerprint density at radius 3 is 2.48 bits per heavy atom. The fraction of sp³-hybridized carbons (Fsp3) is 0.625. The van der Waals surface area contributed by atoms with Crippen molar-refractivity contribution in [2.75, 3.05) is 24.7 Å². The molecule has 1 N–H and O–H groups in total. The molecule has 1 aromatic rings. The number of hydrogen-bond acceptors (Lipinski definition) is 6. The minimum absolute atomic E-state index is 0.0916. The van der Waals surface area contributed by atoms with Gasteiger partial charge in [0, 0.05) is 17.7 Å². The first-order valence-electron chi connectivity index (χ1n) is 8.17. The Hall–Kier alpha value is -0.670. The van der Waals surface area contributed by atoms with Crippen molar-refractivity contribution in [3.8, 4) is 0 Å². The molecule has 1 heterocycles. The highest BCUT2D eigenvalue weighted by molar-refractivity contribution is 7.96. The van der Waals surface area contributed by atoms with Crippen molar-refractivity contribution in [3.63, 3.8) is 0 Å². The van der Waals surface area contributed by atoms with Crippen LogP contribution in [0.25, 0.3) is 0 Å². The maximum absolute atomic E-state index is 12.8. The molecule has 1 saturated heterocycles. The molecule has 1 aliphatic heterocycles. The summed E-state index contributed by atoms with van der Waals surface area (Å²) in [4.78, 5) is 0.0916. The van der Waals surface area contributed by atoms with Gasteiger partial charge in [0.2, 0.25) is 0 Å². The van der Waals surface area contributed by atoms with Gasteiger partial charge in [-0.25, -0.2) is 16.8 Å². The van der Waals surface area contributed by atoms with Crippen LogP contribution in [0.1, 0.15) is 20.3 Å². The lowest BCUT2D eigenvalue weighted by Gasteiger charge is -2.20. The summed E-state index contributed by atoms with van der Waals surface area (Å²) in [5.41, 5.74) is 0. The van der Waals surface area contributed by atoms with E-state index in [-0.39, 0.29) is 22.5 Å². The van der Waals surface area contributed by atoms with Crippen LogP contribution in [0.3, 0.4) is 0 Å². The molecule has 0 bridgehead atoms. The fourth-order valence-corrected chi connectivity index (χ4v) is 7.63. The lowest BCUT2D eigenvalue weighted by molar-refractivity contribution is 0.0768. The molecular weight excluding hydrogens is 386 g/mol. The molecule has 0 amide bonds. The van der Waals surface area contributed by atoms with Crippen LogP contribution in [-0.4, -0.2) is 58.9 Å². The summed E-state index contributed by atoms with van der Waals surface area (Å²) < 4.78 is 55.2. The minimum Gasteiger partial charge on any atom is -0.379 e. The molecule has 0 unspecified atom stereocenters. The Labute approximate surface area is 154 Å². The fourth-order valence-electron chi connectivity index (χ4n) is 2.79. The predicted octanol–water partition coefficient (Wildman–Crippen LogP) is 1.68. The SMILES string of the molecule is CC(C)OCCCN[C@@H]1CS(=O)(=O)C[C@H]1S(=O)(=O)c1ccc(Cl)cc1. The molecule has 0 aromatic heterocycles. The van der Waals surface area contributed by atoms with Gasteiger partial charge in [-0.1, -0.05) is 11.6 Å². The third-order valence-electron chi connectivity index (χ3n) is 4.02. The van der Waals surface area contributed by atoms with Gasteiger partial charge in [-0.15, -0.1) is 0 Å². The van der Waals surface area contributed by atoms with E-state index < -0.39 is 31.0 Å². The summed E-state index contributed by atoms with van der Waals surface area (Å²) in [7, 11) is -7.16. The van der Waals surface area contributed by atoms with Gasteiger partial charge < -0.3 is 10.1 Å². The number of hydrogen-bond donors (Lipinski definition) is 1. The number of nitrogens with one attached hydrogen (secondary N) is 1. The van der Waals surface area contributed by atoms with Crippen LogP contribution >= 0.6 is 11.6 Å². The molecule has 0 radical (unpaired) electrons. The number of halogens is 1. The molecule has 25 heavy (non-hydrogen) atoms. The Kier molecular flexibility index (Phi) is 6.89. The minimum atomic E-state index is -3.76. The average Bonchev–Trinajstić information content (AvgIpc) is 2.83. The van der Waals surface area contributed by atoms with E-state index in [4.69, 9.17) is 16.3 Å². The molecular formula is C16H24ClNO5S2. The van der Waals surface area contributed by atoms with Crippen molar-refractivity contribution >= 4 is 31.3 Å². The van der Waals surface area contributed by atoms with E-state index in [0.29, 0.717) is 24.6 Å². The topological polar surface area (TPSA) is 89.5 Å². The van der Waals surface area contributed by atoms with Gasteiger partial charge in [-0.3, -0.25) is 0 Å². The highest BCUT2D eigenvalue weighted by Gasteiger charge is 2.45. The molecule has 1 aromatic carbocycles. The van der Waals surface area contributed by atoms with Crippen LogP contribution in [0, 0.1) is 0 Å². The summed E-state index contributed by atoms with van der Waals surface area (Å²) in [6.45, 7) is 4.91. The van der Waals surface area contributed by atoms with Gasteiger partial charge in [-0.05, 0) is 51.1 Å². The van der Waals surface area contributed by atoms with Crippen LogP contribution in [0.4, 0.5) is 0 Å². The highest BCUT2D eigenvalue weighted by atomic mass is 35.5. The second-order valence-electron chi connectivity index (χ2n) is 6.45. The zero-order valence-corrected chi connectivity index (χ0v) is 16.7. The largest absolute Gasteiger partial charge is 0.379 e. The monoisotopic (exact) mass is 409 g/mol. The van der Waals surface area contributed by atoms with Crippen molar-refractivity contribution in [2.45, 2.75) is 42.6 Å². The van der Waals surface area contributed by atoms with Crippen LogP contribution in [-0.2, 0) is 24.4 Å². The standard InChI is InChI=1S/C16H24ClNO5S2/c1-12(2)23-9-3-8-18-15-10-24(19,20)11-16(15)25(21,22)14-6-4-13(17)5-7-14/h4-7,12,15-16,18H,3,8-11H2,1-2H3/t15-,16-/m1/s1. The zero-order chi connectivity index (χ0) is 18.7. The van der Waals surface area contributed by atoms with Gasteiger partial charge in [0.15, 0.2) is 19.7 Å². The van der Waals surface area contributed by atoms with Gasteiger partial charge in [0.25, 0.3) is 0 Å². The molecule has 1 aliphatic rings. The number of ether oxygens (including phenoxy) is 1.